The van der Waals surface area contributed by atoms with Gasteiger partial charge in [0, 0.05) is 0 Å². The van der Waals surface area contributed by atoms with Gasteiger partial charge in [0.05, 0.1) is 0 Å². The molecule has 1 rings (SSSR count). The molecule has 0 saturated heterocycles. The summed E-state index contributed by atoms with van der Waals surface area (Å²) in [6.07, 6.45) is 0. The van der Waals surface area contributed by atoms with Crippen LogP contribution in [0.15, 0.2) is 22.3 Å². The van der Waals surface area contributed by atoms with E-state index in [-0.39, 0.29) is 42.1 Å². The molecule has 115 valence electrons. The van der Waals surface area contributed by atoms with Gasteiger partial charge in [-0.1, -0.05) is 45.0 Å². The summed E-state index contributed by atoms with van der Waals surface area (Å²) < 4.78 is 0. The molecule has 20 heavy (non-hydrogen) atoms. The van der Waals surface area contributed by atoms with Crippen LogP contribution in [-0.4, -0.2) is 13.8 Å². The maximum Gasteiger partial charge on any atom is 3.00 e. The zero-order valence-corrected chi connectivity index (χ0v) is 18.1. The van der Waals surface area contributed by atoms with Crippen LogP contribution < -0.4 is 0 Å². The Bertz CT molecular complexity index is 362. The van der Waals surface area contributed by atoms with Crippen LogP contribution in [0.2, 0.25) is 18.6 Å². The summed E-state index contributed by atoms with van der Waals surface area (Å²) in [5, 5.41) is 0. The van der Waals surface area contributed by atoms with E-state index in [0.717, 1.165) is 0 Å². The number of allylic oxidation sites excluding steroid dienone is 4. The fraction of sp³-hybridized carbons (Fsp3) is 0.647. The normalized spacial score (nSPS) is 16.6. The predicted molar refractivity (Wildman–Crippen MR) is 93.9 cm³/mol. The minimum atomic E-state index is -1.61. The Kier molecular flexibility index (Phi) is 10.3. The molecule has 1 nitrogen and oxygen atoms in total. The zero-order chi connectivity index (χ0) is 13.6. The van der Waals surface area contributed by atoms with Crippen molar-refractivity contribution in [2.75, 3.05) is 0 Å². The average molecular weight is 328 g/mol. The third-order valence-corrected chi connectivity index (χ3v) is 7.47. The largest absolute Gasteiger partial charge is 3.00 e. The molecule has 0 N–H and O–H groups in total. The summed E-state index contributed by atoms with van der Waals surface area (Å²) in [5.41, 5.74) is 6.81. The Morgan fingerprint density at radius 3 is 1.40 bits per heavy atom. The first-order valence-electron chi connectivity index (χ1n) is 6.56. The van der Waals surface area contributed by atoms with Gasteiger partial charge in [-0.15, -0.1) is 5.54 Å². The Morgan fingerprint density at radius 1 is 0.850 bits per heavy atom. The van der Waals surface area contributed by atoms with Crippen LogP contribution in [0.5, 0.6) is 0 Å². The summed E-state index contributed by atoms with van der Waals surface area (Å²) in [5.74, 6) is 0. The van der Waals surface area contributed by atoms with E-state index in [9.17, 15) is 0 Å². The topological polar surface area (TPSA) is 14.1 Å². The van der Waals surface area contributed by atoms with E-state index in [1.807, 2.05) is 0 Å². The molecule has 0 atom stereocenters. The van der Waals surface area contributed by atoms with Crippen molar-refractivity contribution < 1.29 is 21.7 Å². The van der Waals surface area contributed by atoms with Crippen molar-refractivity contribution >= 4 is 8.24 Å². The molecule has 1 radical (unpaired) electrons. The van der Waals surface area contributed by atoms with Crippen LogP contribution in [0.1, 0.15) is 48.5 Å². The van der Waals surface area contributed by atoms with E-state index in [2.05, 4.69) is 61.6 Å². The standard InChI is InChI=1S/C15H28NSi.2CH3.Ti/c1-10-11(2)13(4)14(12(10)3)17(8,9)16-15(5,6)7;;;/h14H,1-9H3;2*1H3;/q3*-1;+3. The number of rotatable bonds is 2. The molecular formula is C17H34NSiTi. The van der Waals surface area contributed by atoms with Gasteiger partial charge in [-0.05, 0) is 52.6 Å². The van der Waals surface area contributed by atoms with E-state index in [0.29, 0.717) is 5.54 Å². The van der Waals surface area contributed by atoms with Gasteiger partial charge >= 0.3 is 21.7 Å². The molecule has 0 aliphatic heterocycles. The van der Waals surface area contributed by atoms with Gasteiger partial charge in [0.15, 0.2) is 0 Å². The summed E-state index contributed by atoms with van der Waals surface area (Å²) >= 11 is 0. The minimum absolute atomic E-state index is 0. The maximum absolute atomic E-state index is 5.16. The number of hydrogen-bond donors (Lipinski definition) is 0. The molecule has 3 heteroatoms. The van der Waals surface area contributed by atoms with Crippen LogP contribution in [0.3, 0.4) is 0 Å². The number of nitrogens with zero attached hydrogens (tertiary/aromatic N) is 1. The molecular weight excluding hydrogens is 294 g/mol. The van der Waals surface area contributed by atoms with E-state index < -0.39 is 8.24 Å². The minimum Gasteiger partial charge on any atom is -0.659 e. The second kappa shape index (κ2) is 8.12. The average Bonchev–Trinajstić information content (AvgIpc) is 2.27. The van der Waals surface area contributed by atoms with Gasteiger partial charge in [0.25, 0.3) is 0 Å². The van der Waals surface area contributed by atoms with Gasteiger partial charge in [0.1, 0.15) is 0 Å². The Morgan fingerprint density at radius 2 is 1.15 bits per heavy atom. The molecule has 0 aromatic carbocycles. The molecule has 0 aromatic rings. The second-order valence-electron chi connectivity index (χ2n) is 6.99. The second-order valence-corrected chi connectivity index (χ2v) is 11.1. The summed E-state index contributed by atoms with van der Waals surface area (Å²) in [4.78, 5) is 5.16. The molecule has 1 aliphatic carbocycles. The monoisotopic (exact) mass is 328 g/mol. The third kappa shape index (κ3) is 5.29. The van der Waals surface area contributed by atoms with E-state index >= 15 is 0 Å². The Balaban J connectivity index is -0.000000963. The van der Waals surface area contributed by atoms with Crippen LogP contribution in [0.25, 0.3) is 4.98 Å². The molecule has 1 aliphatic rings. The molecule has 0 fully saturated rings. The van der Waals surface area contributed by atoms with Crippen molar-refractivity contribution in [1.82, 2.24) is 0 Å². The van der Waals surface area contributed by atoms with Crippen LogP contribution in [0.4, 0.5) is 0 Å². The Labute approximate surface area is 144 Å². The van der Waals surface area contributed by atoms with E-state index in [4.69, 9.17) is 4.98 Å². The summed E-state index contributed by atoms with van der Waals surface area (Å²) in [7, 11) is -1.61. The van der Waals surface area contributed by atoms with Gasteiger partial charge in [-0.25, -0.2) is 0 Å². The molecule has 0 spiro atoms. The first-order chi connectivity index (χ1) is 7.47. The molecule has 0 unspecified atom stereocenters. The van der Waals surface area contributed by atoms with Crippen molar-refractivity contribution in [3.05, 3.63) is 42.1 Å². The van der Waals surface area contributed by atoms with Gasteiger partial charge in [-0.3, -0.25) is 0 Å². The maximum atomic E-state index is 5.16. The molecule has 0 saturated carbocycles. The van der Waals surface area contributed by atoms with Crippen LogP contribution in [0, 0.1) is 14.9 Å². The van der Waals surface area contributed by atoms with Crippen molar-refractivity contribution in [2.24, 2.45) is 0 Å². The molecule has 0 heterocycles. The van der Waals surface area contributed by atoms with Crippen molar-refractivity contribution in [1.29, 1.82) is 0 Å². The fourth-order valence-corrected chi connectivity index (χ4v) is 7.75. The fourth-order valence-electron chi connectivity index (χ4n) is 3.34. The third-order valence-electron chi connectivity index (χ3n) is 3.94. The molecule has 0 aromatic heterocycles. The number of hydrogen-bond acceptors (Lipinski definition) is 0. The van der Waals surface area contributed by atoms with Gasteiger partial charge in [-0.2, -0.15) is 0 Å². The molecule has 0 bridgehead atoms. The van der Waals surface area contributed by atoms with Crippen molar-refractivity contribution in [3.8, 4) is 0 Å². The SMILES string of the molecule is CC1=C(C)C([Si](C)(C)[N-]C(C)(C)C)C(C)=C1C.[CH3-].[CH3-].[Ti+3]. The molecule has 0 amide bonds. The van der Waals surface area contributed by atoms with Crippen LogP contribution >= 0.6 is 0 Å². The summed E-state index contributed by atoms with van der Waals surface area (Å²) in [6.45, 7) is 20.6. The van der Waals surface area contributed by atoms with Gasteiger partial charge in [0.2, 0.25) is 0 Å². The van der Waals surface area contributed by atoms with E-state index in [1.165, 1.54) is 11.1 Å². The van der Waals surface area contributed by atoms with Gasteiger partial charge < -0.3 is 19.8 Å². The predicted octanol–water partition coefficient (Wildman–Crippen LogP) is 6.32. The summed E-state index contributed by atoms with van der Waals surface area (Å²) in [6, 6.07) is 0. The van der Waals surface area contributed by atoms with Crippen molar-refractivity contribution in [2.45, 2.75) is 72.6 Å². The first kappa shape index (κ1) is 25.3. The zero-order valence-electron chi connectivity index (χ0n) is 15.5. The van der Waals surface area contributed by atoms with Crippen molar-refractivity contribution in [3.63, 3.8) is 0 Å². The quantitative estimate of drug-likeness (QED) is 0.416. The van der Waals surface area contributed by atoms with Crippen LogP contribution in [-0.2, 0) is 21.7 Å². The Hall–Kier alpha value is 0.371. The first-order valence-corrected chi connectivity index (χ1v) is 9.59. The smallest absolute Gasteiger partial charge is 0.659 e. The van der Waals surface area contributed by atoms with E-state index in [1.54, 1.807) is 11.1 Å².